The van der Waals surface area contributed by atoms with Crippen LogP contribution >= 0.6 is 0 Å². The molecule has 1 fully saturated rings. The molecule has 1 heterocycles. The van der Waals surface area contributed by atoms with Crippen LogP contribution in [0.4, 0.5) is 4.79 Å². The Morgan fingerprint density at radius 2 is 2.57 bits per heavy atom. The summed E-state index contributed by atoms with van der Waals surface area (Å²) in [6.45, 7) is 0.683. The van der Waals surface area contributed by atoms with E-state index in [0.29, 0.717) is 6.67 Å². The summed E-state index contributed by atoms with van der Waals surface area (Å²) >= 11 is 0. The van der Waals surface area contributed by atoms with E-state index in [1.165, 1.54) is 5.12 Å². The number of urea groups is 1. The van der Waals surface area contributed by atoms with Crippen molar-refractivity contribution in [2.75, 3.05) is 6.67 Å². The maximum absolute atomic E-state index is 9.88. The van der Waals surface area contributed by atoms with E-state index in [9.17, 15) is 4.79 Å². The molecule has 0 radical (unpaired) electrons. The maximum Gasteiger partial charge on any atom is 0.327 e. The Morgan fingerprint density at radius 3 is 2.71 bits per heavy atom. The third kappa shape index (κ3) is 1.38. The number of primary amides is 1. The lowest BCUT2D eigenvalue weighted by molar-refractivity contribution is 0.233. The molecule has 0 aliphatic carbocycles. The van der Waals surface area contributed by atoms with Crippen LogP contribution < -0.4 is 16.6 Å². The average molecular weight is 102 g/mol. The Balaban J connectivity index is 2.08. The molecule has 5 nitrogen and oxygen atoms in total. The minimum absolute atomic E-state index is 0.537. The van der Waals surface area contributed by atoms with Gasteiger partial charge >= 0.3 is 6.03 Å². The molecular weight excluding hydrogens is 96.0 g/mol. The summed E-state index contributed by atoms with van der Waals surface area (Å²) in [5.41, 5.74) is 9.67. The van der Waals surface area contributed by atoms with E-state index in [-0.39, 0.29) is 0 Å². The van der Waals surface area contributed by atoms with Gasteiger partial charge < -0.3 is 5.73 Å². The molecule has 1 atom stereocenters. The zero-order valence-corrected chi connectivity index (χ0v) is 3.64. The third-order valence-corrected chi connectivity index (χ3v) is 0.561. The predicted octanol–water partition coefficient (Wildman–Crippen LogP) is -1.65. The fourth-order valence-electron chi connectivity index (χ4n) is 0.247. The monoisotopic (exact) mass is 102 g/mol. The summed E-state index contributed by atoms with van der Waals surface area (Å²) in [6, 6.07) is -0.537. The molecule has 0 saturated carbocycles. The zero-order valence-electron chi connectivity index (χ0n) is 3.64. The van der Waals surface area contributed by atoms with E-state index in [0.717, 1.165) is 0 Å². The Hall–Kier alpha value is -0.810. The van der Waals surface area contributed by atoms with Crippen molar-refractivity contribution in [3.8, 4) is 0 Å². The first-order valence-corrected chi connectivity index (χ1v) is 1.86. The fraction of sp³-hybridized carbons (Fsp3) is 0.500. The lowest BCUT2D eigenvalue weighted by Gasteiger charge is -1.93. The van der Waals surface area contributed by atoms with Gasteiger partial charge in [-0.1, -0.05) is 0 Å². The number of hydrazine groups is 2. The number of carbonyl (C=O) groups excluding carboxylic acids is 1. The Bertz CT molecular complexity index is 87.7. The number of nitrogens with two attached hydrogens (primary N) is 1. The second kappa shape index (κ2) is 1.36. The molecule has 1 rings (SSSR count). The van der Waals surface area contributed by atoms with Gasteiger partial charge in [-0.15, -0.1) is 5.12 Å². The number of nitrogens with one attached hydrogen (secondary N) is 2. The van der Waals surface area contributed by atoms with Crippen LogP contribution in [0.25, 0.3) is 0 Å². The van der Waals surface area contributed by atoms with Gasteiger partial charge in [-0.3, -0.25) is 5.43 Å². The molecular formula is C2H6N4O. The van der Waals surface area contributed by atoms with Crippen molar-refractivity contribution in [2.24, 2.45) is 5.73 Å². The van der Waals surface area contributed by atoms with E-state index in [1.807, 2.05) is 0 Å². The number of nitrogens with zero attached hydrogens (tertiary/aromatic N) is 1. The van der Waals surface area contributed by atoms with Crippen LogP contribution in [0.1, 0.15) is 0 Å². The van der Waals surface area contributed by atoms with Crippen molar-refractivity contribution in [1.29, 1.82) is 0 Å². The first-order chi connectivity index (χ1) is 3.29. The molecule has 2 amide bonds. The lowest BCUT2D eigenvalue weighted by atomic mass is 11.1. The average Bonchev–Trinajstić information content (AvgIpc) is 2.17. The van der Waals surface area contributed by atoms with Crippen molar-refractivity contribution >= 4 is 6.03 Å². The Kier molecular flexibility index (Phi) is 0.844. The van der Waals surface area contributed by atoms with Gasteiger partial charge in [0.1, 0.15) is 0 Å². The maximum atomic E-state index is 9.88. The van der Waals surface area contributed by atoms with Gasteiger partial charge in [0.25, 0.3) is 0 Å². The van der Waals surface area contributed by atoms with E-state index < -0.39 is 6.03 Å². The minimum atomic E-state index is -0.537. The summed E-state index contributed by atoms with van der Waals surface area (Å²) in [5.74, 6) is 0. The van der Waals surface area contributed by atoms with Gasteiger partial charge in [0.05, 0.1) is 6.67 Å². The van der Waals surface area contributed by atoms with E-state index >= 15 is 0 Å². The van der Waals surface area contributed by atoms with Gasteiger partial charge in [0, 0.05) is 0 Å². The van der Waals surface area contributed by atoms with Crippen LogP contribution in [0.15, 0.2) is 0 Å². The van der Waals surface area contributed by atoms with Gasteiger partial charge in [0.2, 0.25) is 0 Å². The molecule has 0 aromatic carbocycles. The standard InChI is InChI=1S/C2H6N4O/c3-2(7)5-6-1-4-6/h4H,1H2,(H3,3,5,7). The topological polar surface area (TPSA) is 80.1 Å². The summed E-state index contributed by atoms with van der Waals surface area (Å²) < 4.78 is 0. The third-order valence-electron chi connectivity index (χ3n) is 0.561. The highest BCUT2D eigenvalue weighted by atomic mass is 16.2. The fourth-order valence-corrected chi connectivity index (χ4v) is 0.247. The molecule has 1 unspecified atom stereocenters. The zero-order chi connectivity index (χ0) is 5.28. The second-order valence-corrected chi connectivity index (χ2v) is 1.22. The largest absolute Gasteiger partial charge is 0.351 e. The molecule has 0 aromatic heterocycles. The van der Waals surface area contributed by atoms with Crippen LogP contribution in [0.5, 0.6) is 0 Å². The van der Waals surface area contributed by atoms with Crippen molar-refractivity contribution < 1.29 is 4.79 Å². The van der Waals surface area contributed by atoms with Crippen LogP contribution in [0, 0.1) is 0 Å². The number of hydrogen-bond donors (Lipinski definition) is 3. The summed E-state index contributed by atoms with van der Waals surface area (Å²) in [6.07, 6.45) is 0. The highest BCUT2D eigenvalue weighted by Crippen LogP contribution is 1.82. The Labute approximate surface area is 40.4 Å². The molecule has 0 bridgehead atoms. The number of rotatable bonds is 1. The van der Waals surface area contributed by atoms with Gasteiger partial charge in [-0.2, -0.15) is 0 Å². The molecule has 0 aromatic rings. The predicted molar refractivity (Wildman–Crippen MR) is 22.6 cm³/mol. The molecule has 5 heteroatoms. The van der Waals surface area contributed by atoms with E-state index in [1.54, 1.807) is 0 Å². The summed E-state index contributed by atoms with van der Waals surface area (Å²) in [4.78, 5) is 9.88. The van der Waals surface area contributed by atoms with E-state index in [2.05, 4.69) is 10.9 Å². The molecule has 40 valence electrons. The van der Waals surface area contributed by atoms with Crippen LogP contribution in [-0.2, 0) is 0 Å². The number of carbonyl (C=O) groups is 1. The number of hydrogen-bond acceptors (Lipinski definition) is 3. The summed E-state index contributed by atoms with van der Waals surface area (Å²) in [7, 11) is 0. The SMILES string of the molecule is NC(=O)NN1CN1. The van der Waals surface area contributed by atoms with Crippen LogP contribution in [0.2, 0.25) is 0 Å². The van der Waals surface area contributed by atoms with Gasteiger partial charge in [0.15, 0.2) is 0 Å². The van der Waals surface area contributed by atoms with Gasteiger partial charge in [-0.25, -0.2) is 10.2 Å². The second-order valence-electron chi connectivity index (χ2n) is 1.22. The molecule has 1 saturated heterocycles. The highest BCUT2D eigenvalue weighted by Gasteiger charge is 2.15. The lowest BCUT2D eigenvalue weighted by Crippen LogP contribution is -2.35. The minimum Gasteiger partial charge on any atom is -0.351 e. The Morgan fingerprint density at radius 1 is 2.00 bits per heavy atom. The first kappa shape index (κ1) is 4.35. The quantitative estimate of drug-likeness (QED) is 0.347. The number of amides is 2. The smallest absolute Gasteiger partial charge is 0.327 e. The van der Waals surface area contributed by atoms with Crippen LogP contribution in [0.3, 0.4) is 0 Å². The molecule has 4 N–H and O–H groups in total. The first-order valence-electron chi connectivity index (χ1n) is 1.86. The molecule has 0 spiro atoms. The van der Waals surface area contributed by atoms with Crippen molar-refractivity contribution in [2.45, 2.75) is 0 Å². The molecule has 1 aliphatic heterocycles. The van der Waals surface area contributed by atoms with Crippen molar-refractivity contribution in [3.63, 3.8) is 0 Å². The summed E-state index contributed by atoms with van der Waals surface area (Å²) in [5, 5.41) is 1.47. The van der Waals surface area contributed by atoms with Crippen molar-refractivity contribution in [3.05, 3.63) is 0 Å². The van der Waals surface area contributed by atoms with Crippen LogP contribution in [-0.4, -0.2) is 17.8 Å². The normalized spacial score (nSPS) is 26.6. The van der Waals surface area contributed by atoms with Crippen molar-refractivity contribution in [1.82, 2.24) is 16.0 Å². The highest BCUT2D eigenvalue weighted by molar-refractivity contribution is 5.71. The molecule has 7 heavy (non-hydrogen) atoms. The van der Waals surface area contributed by atoms with Gasteiger partial charge in [-0.05, 0) is 0 Å². The molecule has 1 aliphatic rings. The van der Waals surface area contributed by atoms with E-state index in [4.69, 9.17) is 5.73 Å².